The first-order valence-electron chi connectivity index (χ1n) is 7.44. The third-order valence-electron chi connectivity index (χ3n) is 3.29. The Bertz CT molecular complexity index is 526. The molecule has 1 unspecified atom stereocenters. The summed E-state index contributed by atoms with van der Waals surface area (Å²) in [5, 5.41) is 2.58. The quantitative estimate of drug-likeness (QED) is 0.756. The minimum Gasteiger partial charge on any atom is -0.497 e. The number of thioether (sulfide) groups is 1. The number of hydrogen-bond donors (Lipinski definition) is 1. The number of rotatable bonds is 7. The predicted molar refractivity (Wildman–Crippen MR) is 101 cm³/mol. The molecule has 0 fully saturated rings. The van der Waals surface area contributed by atoms with E-state index in [1.54, 1.807) is 32.4 Å². The maximum absolute atomic E-state index is 12.4. The Morgan fingerprint density at radius 2 is 1.74 bits per heavy atom. The molecule has 1 N–H and O–H groups in total. The molecule has 128 valence electrons. The molecule has 7 heteroatoms. The molecule has 0 aliphatic heterocycles. The number of thiocarbonyl (C=S) groups is 1. The zero-order valence-corrected chi connectivity index (χ0v) is 15.8. The fourth-order valence-electron chi connectivity index (χ4n) is 1.88. The number of carbonyl (C=O) groups excluding carboxylic acids is 1. The lowest BCUT2D eigenvalue weighted by atomic mass is 10.2. The van der Waals surface area contributed by atoms with Crippen LogP contribution in [-0.4, -0.2) is 47.7 Å². The fourth-order valence-corrected chi connectivity index (χ4v) is 3.45. The van der Waals surface area contributed by atoms with Crippen molar-refractivity contribution in [1.82, 2.24) is 4.90 Å². The third kappa shape index (κ3) is 5.91. The molecule has 0 spiro atoms. The minimum absolute atomic E-state index is 0.111. The van der Waals surface area contributed by atoms with E-state index in [0.29, 0.717) is 17.2 Å². The number of amides is 1. The number of benzene rings is 1. The molecule has 0 aliphatic rings. The second-order valence-corrected chi connectivity index (χ2v) is 6.76. The Labute approximate surface area is 147 Å². The number of nitrogens with one attached hydrogen (secondary N) is 1. The summed E-state index contributed by atoms with van der Waals surface area (Å²) >= 11 is 6.77. The lowest BCUT2D eigenvalue weighted by molar-refractivity contribution is -0.115. The Hall–Kier alpha value is -1.47. The monoisotopic (exact) mass is 356 g/mol. The van der Waals surface area contributed by atoms with Crippen molar-refractivity contribution >= 4 is 39.9 Å². The Kier molecular flexibility index (Phi) is 8.19. The van der Waals surface area contributed by atoms with Crippen LogP contribution in [0.3, 0.4) is 0 Å². The summed E-state index contributed by atoms with van der Waals surface area (Å²) in [5.41, 5.74) is 0.632. The molecular formula is C16H24N2O3S2. The van der Waals surface area contributed by atoms with E-state index in [4.69, 9.17) is 21.7 Å². The number of hydrogen-bond acceptors (Lipinski definition) is 5. The molecule has 1 amide bonds. The van der Waals surface area contributed by atoms with Crippen LogP contribution in [0.5, 0.6) is 11.5 Å². The topological polar surface area (TPSA) is 50.8 Å². The summed E-state index contributed by atoms with van der Waals surface area (Å²) in [6.07, 6.45) is 0. The highest BCUT2D eigenvalue weighted by atomic mass is 32.2. The standard InChI is InChI=1S/C16H24N2O3S2/c1-6-18(7-2)16(22)23-11(3)15(19)17-12-8-13(20-4)10-14(9-12)21-5/h8-11H,6-7H2,1-5H3,(H,17,19). The molecule has 0 radical (unpaired) electrons. The average molecular weight is 357 g/mol. The molecule has 0 saturated carbocycles. The molecule has 1 atom stereocenters. The lowest BCUT2D eigenvalue weighted by Crippen LogP contribution is -2.31. The molecule has 1 aromatic rings. The van der Waals surface area contributed by atoms with Gasteiger partial charge in [0.05, 0.1) is 19.5 Å². The van der Waals surface area contributed by atoms with E-state index in [0.717, 1.165) is 17.4 Å². The molecule has 23 heavy (non-hydrogen) atoms. The number of ether oxygens (including phenoxy) is 2. The average Bonchev–Trinajstić information content (AvgIpc) is 2.55. The minimum atomic E-state index is -0.291. The van der Waals surface area contributed by atoms with E-state index >= 15 is 0 Å². The zero-order chi connectivity index (χ0) is 17.4. The second-order valence-electron chi connectivity index (χ2n) is 4.79. The van der Waals surface area contributed by atoms with Gasteiger partial charge in [0.1, 0.15) is 15.8 Å². The summed E-state index contributed by atoms with van der Waals surface area (Å²) in [4.78, 5) is 14.4. The molecule has 0 heterocycles. The number of methoxy groups -OCH3 is 2. The summed E-state index contributed by atoms with van der Waals surface area (Å²) in [7, 11) is 3.14. The third-order valence-corrected chi connectivity index (χ3v) is 4.86. The molecule has 0 aromatic heterocycles. The normalized spacial score (nSPS) is 11.5. The molecule has 0 saturated heterocycles. The fraction of sp³-hybridized carbons (Fsp3) is 0.500. The highest BCUT2D eigenvalue weighted by Crippen LogP contribution is 2.26. The van der Waals surface area contributed by atoms with Crippen LogP contribution in [0.25, 0.3) is 0 Å². The van der Waals surface area contributed by atoms with Gasteiger partial charge in [0, 0.05) is 37.0 Å². The summed E-state index contributed by atoms with van der Waals surface area (Å²) in [6, 6.07) is 5.25. The largest absolute Gasteiger partial charge is 0.497 e. The maximum Gasteiger partial charge on any atom is 0.237 e. The van der Waals surface area contributed by atoms with Gasteiger partial charge < -0.3 is 19.7 Å². The van der Waals surface area contributed by atoms with E-state index in [1.807, 2.05) is 20.8 Å². The van der Waals surface area contributed by atoms with E-state index < -0.39 is 0 Å². The molecule has 5 nitrogen and oxygen atoms in total. The lowest BCUT2D eigenvalue weighted by Gasteiger charge is -2.23. The first-order chi connectivity index (χ1) is 10.9. The summed E-state index contributed by atoms with van der Waals surface area (Å²) < 4.78 is 11.1. The van der Waals surface area contributed by atoms with Crippen LogP contribution in [0.1, 0.15) is 20.8 Å². The number of carbonyl (C=O) groups is 1. The van der Waals surface area contributed by atoms with Gasteiger partial charge in [-0.15, -0.1) is 0 Å². The van der Waals surface area contributed by atoms with Crippen LogP contribution < -0.4 is 14.8 Å². The van der Waals surface area contributed by atoms with Crippen LogP contribution in [0.15, 0.2) is 18.2 Å². The van der Waals surface area contributed by atoms with Crippen molar-refractivity contribution in [3.05, 3.63) is 18.2 Å². The number of nitrogens with zero attached hydrogens (tertiary/aromatic N) is 1. The molecule has 0 aliphatic carbocycles. The Morgan fingerprint density at radius 1 is 1.22 bits per heavy atom. The van der Waals surface area contributed by atoms with Gasteiger partial charge >= 0.3 is 0 Å². The van der Waals surface area contributed by atoms with Gasteiger partial charge in [0.15, 0.2) is 0 Å². The highest BCUT2D eigenvalue weighted by molar-refractivity contribution is 8.23. The van der Waals surface area contributed by atoms with Gasteiger partial charge in [-0.05, 0) is 20.8 Å². The first-order valence-corrected chi connectivity index (χ1v) is 8.73. The Balaban J connectivity index is 2.73. The maximum atomic E-state index is 12.4. The molecular weight excluding hydrogens is 332 g/mol. The molecule has 1 rings (SSSR count). The SMILES string of the molecule is CCN(CC)C(=S)SC(C)C(=O)Nc1cc(OC)cc(OC)c1. The van der Waals surface area contributed by atoms with Gasteiger partial charge in [-0.3, -0.25) is 4.79 Å². The highest BCUT2D eigenvalue weighted by Gasteiger charge is 2.18. The van der Waals surface area contributed by atoms with E-state index in [1.165, 1.54) is 11.8 Å². The van der Waals surface area contributed by atoms with Gasteiger partial charge in [-0.1, -0.05) is 24.0 Å². The number of anilines is 1. The molecule has 1 aromatic carbocycles. The molecule has 0 bridgehead atoms. The second kappa shape index (κ2) is 9.62. The van der Waals surface area contributed by atoms with E-state index in [9.17, 15) is 4.79 Å². The van der Waals surface area contributed by atoms with Crippen LogP contribution in [0.4, 0.5) is 5.69 Å². The first kappa shape index (κ1) is 19.6. The van der Waals surface area contributed by atoms with Crippen molar-refractivity contribution in [3.8, 4) is 11.5 Å². The summed E-state index contributed by atoms with van der Waals surface area (Å²) in [5.74, 6) is 1.14. The van der Waals surface area contributed by atoms with Crippen molar-refractivity contribution in [1.29, 1.82) is 0 Å². The van der Waals surface area contributed by atoms with Gasteiger partial charge in [0.25, 0.3) is 0 Å². The van der Waals surface area contributed by atoms with E-state index in [2.05, 4.69) is 10.2 Å². The van der Waals surface area contributed by atoms with Crippen LogP contribution in [-0.2, 0) is 4.79 Å². The van der Waals surface area contributed by atoms with Crippen LogP contribution in [0, 0.1) is 0 Å². The van der Waals surface area contributed by atoms with Crippen molar-refractivity contribution in [3.63, 3.8) is 0 Å². The van der Waals surface area contributed by atoms with Crippen molar-refractivity contribution < 1.29 is 14.3 Å². The van der Waals surface area contributed by atoms with E-state index in [-0.39, 0.29) is 11.2 Å². The smallest absolute Gasteiger partial charge is 0.237 e. The van der Waals surface area contributed by atoms with Crippen LogP contribution in [0.2, 0.25) is 0 Å². The van der Waals surface area contributed by atoms with Crippen molar-refractivity contribution in [2.24, 2.45) is 0 Å². The van der Waals surface area contributed by atoms with Crippen molar-refractivity contribution in [2.45, 2.75) is 26.0 Å². The summed E-state index contributed by atoms with van der Waals surface area (Å²) in [6.45, 7) is 7.61. The zero-order valence-electron chi connectivity index (χ0n) is 14.2. The van der Waals surface area contributed by atoms with Crippen molar-refractivity contribution in [2.75, 3.05) is 32.6 Å². The Morgan fingerprint density at radius 3 is 2.17 bits per heavy atom. The predicted octanol–water partition coefficient (Wildman–Crippen LogP) is 3.39. The van der Waals surface area contributed by atoms with Gasteiger partial charge in [-0.2, -0.15) is 0 Å². The van der Waals surface area contributed by atoms with Gasteiger partial charge in [-0.25, -0.2) is 0 Å². The van der Waals surface area contributed by atoms with Gasteiger partial charge in [0.2, 0.25) is 5.91 Å². The van der Waals surface area contributed by atoms with Crippen LogP contribution >= 0.6 is 24.0 Å².